The minimum absolute atomic E-state index is 0.200. The SMILES string of the molecule is NCC1(c2cc3cc(Cl)ccc3[nH]2)CCC1. The Hall–Kier alpha value is -0.990. The Kier molecular flexibility index (Phi) is 2.23. The van der Waals surface area contributed by atoms with Gasteiger partial charge in [0.05, 0.1) is 0 Å². The van der Waals surface area contributed by atoms with Gasteiger partial charge in [0, 0.05) is 33.6 Å². The van der Waals surface area contributed by atoms with E-state index in [0.29, 0.717) is 0 Å². The van der Waals surface area contributed by atoms with E-state index in [-0.39, 0.29) is 5.41 Å². The normalized spacial score (nSPS) is 18.6. The fraction of sp³-hybridized carbons (Fsp3) is 0.385. The third kappa shape index (κ3) is 1.37. The van der Waals surface area contributed by atoms with Crippen LogP contribution in [-0.2, 0) is 5.41 Å². The van der Waals surface area contributed by atoms with Crippen molar-refractivity contribution in [2.24, 2.45) is 5.73 Å². The van der Waals surface area contributed by atoms with Gasteiger partial charge in [-0.2, -0.15) is 0 Å². The van der Waals surface area contributed by atoms with Crippen LogP contribution in [-0.4, -0.2) is 11.5 Å². The van der Waals surface area contributed by atoms with Gasteiger partial charge in [0.2, 0.25) is 0 Å². The molecule has 1 aromatic carbocycles. The monoisotopic (exact) mass is 234 g/mol. The van der Waals surface area contributed by atoms with Gasteiger partial charge >= 0.3 is 0 Å². The highest BCUT2D eigenvalue weighted by atomic mass is 35.5. The van der Waals surface area contributed by atoms with Gasteiger partial charge in [0.25, 0.3) is 0 Å². The van der Waals surface area contributed by atoms with E-state index in [0.717, 1.165) is 17.1 Å². The first-order valence-electron chi connectivity index (χ1n) is 5.72. The van der Waals surface area contributed by atoms with Crippen LogP contribution in [0.2, 0.25) is 5.02 Å². The molecule has 1 aromatic heterocycles. The van der Waals surface area contributed by atoms with Crippen molar-refractivity contribution < 1.29 is 0 Å². The predicted molar refractivity (Wildman–Crippen MR) is 67.9 cm³/mol. The van der Waals surface area contributed by atoms with Gasteiger partial charge in [-0.15, -0.1) is 0 Å². The molecule has 2 aromatic rings. The largest absolute Gasteiger partial charge is 0.358 e. The number of nitrogens with one attached hydrogen (secondary N) is 1. The summed E-state index contributed by atoms with van der Waals surface area (Å²) in [5, 5.41) is 1.97. The smallest absolute Gasteiger partial charge is 0.0457 e. The number of fused-ring (bicyclic) bond motifs is 1. The number of benzene rings is 1. The Morgan fingerprint density at radius 1 is 1.31 bits per heavy atom. The standard InChI is InChI=1S/C13H15ClN2/c14-10-2-3-11-9(6-10)7-12(16-11)13(8-15)4-1-5-13/h2-3,6-7,16H,1,4-5,8,15H2. The molecule has 0 spiro atoms. The molecule has 3 heteroatoms. The summed E-state index contributed by atoms with van der Waals surface area (Å²) >= 11 is 5.99. The van der Waals surface area contributed by atoms with Gasteiger partial charge in [0.1, 0.15) is 0 Å². The first-order valence-corrected chi connectivity index (χ1v) is 6.10. The zero-order valence-electron chi connectivity index (χ0n) is 9.09. The third-order valence-electron chi connectivity index (χ3n) is 3.86. The van der Waals surface area contributed by atoms with Crippen molar-refractivity contribution in [3.8, 4) is 0 Å². The lowest BCUT2D eigenvalue weighted by molar-refractivity contribution is 0.247. The number of H-pyrrole nitrogens is 1. The highest BCUT2D eigenvalue weighted by molar-refractivity contribution is 6.31. The highest BCUT2D eigenvalue weighted by Gasteiger charge is 2.38. The molecular weight excluding hydrogens is 220 g/mol. The summed E-state index contributed by atoms with van der Waals surface area (Å²) in [6.07, 6.45) is 3.68. The second-order valence-electron chi connectivity index (χ2n) is 4.75. The van der Waals surface area contributed by atoms with Crippen molar-refractivity contribution in [3.05, 3.63) is 35.0 Å². The molecule has 1 aliphatic rings. The van der Waals surface area contributed by atoms with Crippen LogP contribution in [0.15, 0.2) is 24.3 Å². The summed E-state index contributed by atoms with van der Waals surface area (Å²) in [6, 6.07) is 8.15. The number of aromatic amines is 1. The summed E-state index contributed by atoms with van der Waals surface area (Å²) in [5.41, 5.74) is 8.53. The molecule has 0 unspecified atom stereocenters. The zero-order chi connectivity index (χ0) is 11.2. The van der Waals surface area contributed by atoms with Gasteiger partial charge < -0.3 is 10.7 Å². The molecule has 1 aliphatic carbocycles. The third-order valence-corrected chi connectivity index (χ3v) is 4.09. The lowest BCUT2D eigenvalue weighted by Gasteiger charge is -2.40. The first kappa shape index (κ1) is 10.2. The molecule has 1 fully saturated rings. The fourth-order valence-corrected chi connectivity index (χ4v) is 2.76. The molecule has 1 heterocycles. The predicted octanol–water partition coefficient (Wildman–Crippen LogP) is 3.20. The molecule has 0 aliphatic heterocycles. The van der Waals surface area contributed by atoms with E-state index in [2.05, 4.69) is 11.1 Å². The summed E-state index contributed by atoms with van der Waals surface area (Å²) in [6.45, 7) is 0.730. The molecule has 1 saturated carbocycles. The number of rotatable bonds is 2. The van der Waals surface area contributed by atoms with E-state index >= 15 is 0 Å². The number of halogens is 1. The minimum atomic E-state index is 0.200. The zero-order valence-corrected chi connectivity index (χ0v) is 9.85. The van der Waals surface area contributed by atoms with Crippen LogP contribution in [0.5, 0.6) is 0 Å². The Labute approximate surface area is 99.8 Å². The lowest BCUT2D eigenvalue weighted by atomic mass is 9.67. The highest BCUT2D eigenvalue weighted by Crippen LogP contribution is 2.43. The molecule has 0 amide bonds. The number of hydrogen-bond acceptors (Lipinski definition) is 1. The van der Waals surface area contributed by atoms with Gasteiger partial charge in [0.15, 0.2) is 0 Å². The molecular formula is C13H15ClN2. The van der Waals surface area contributed by atoms with Crippen LogP contribution < -0.4 is 5.73 Å². The summed E-state index contributed by atoms with van der Waals surface area (Å²) in [4.78, 5) is 3.48. The van der Waals surface area contributed by atoms with E-state index in [4.69, 9.17) is 17.3 Å². The Balaban J connectivity index is 2.11. The molecule has 0 radical (unpaired) electrons. The second-order valence-corrected chi connectivity index (χ2v) is 5.19. The molecule has 2 nitrogen and oxygen atoms in total. The van der Waals surface area contributed by atoms with Crippen LogP contribution in [0.25, 0.3) is 10.9 Å². The summed E-state index contributed by atoms with van der Waals surface area (Å²) < 4.78 is 0. The Bertz CT molecular complexity index is 520. The molecule has 0 saturated heterocycles. The van der Waals surface area contributed by atoms with Crippen LogP contribution in [0.4, 0.5) is 0 Å². The second kappa shape index (κ2) is 3.51. The van der Waals surface area contributed by atoms with E-state index in [1.165, 1.54) is 30.3 Å². The Morgan fingerprint density at radius 2 is 2.12 bits per heavy atom. The van der Waals surface area contributed by atoms with Gasteiger partial charge in [-0.3, -0.25) is 0 Å². The van der Waals surface area contributed by atoms with Gasteiger partial charge in [-0.25, -0.2) is 0 Å². The van der Waals surface area contributed by atoms with Crippen LogP contribution in [0.3, 0.4) is 0 Å². The van der Waals surface area contributed by atoms with Crippen molar-refractivity contribution in [1.29, 1.82) is 0 Å². The van der Waals surface area contributed by atoms with E-state index in [9.17, 15) is 0 Å². The first-order chi connectivity index (χ1) is 7.73. The average Bonchev–Trinajstić information content (AvgIpc) is 2.60. The summed E-state index contributed by atoms with van der Waals surface area (Å²) in [5.74, 6) is 0. The van der Waals surface area contributed by atoms with Crippen molar-refractivity contribution in [3.63, 3.8) is 0 Å². The molecule has 16 heavy (non-hydrogen) atoms. The topological polar surface area (TPSA) is 41.8 Å². The number of aromatic nitrogens is 1. The maximum Gasteiger partial charge on any atom is 0.0457 e. The quantitative estimate of drug-likeness (QED) is 0.823. The summed E-state index contributed by atoms with van der Waals surface area (Å²) in [7, 11) is 0. The van der Waals surface area contributed by atoms with Crippen LogP contribution >= 0.6 is 11.6 Å². The van der Waals surface area contributed by atoms with Crippen molar-refractivity contribution >= 4 is 22.5 Å². The van der Waals surface area contributed by atoms with Crippen molar-refractivity contribution in [1.82, 2.24) is 4.98 Å². The van der Waals surface area contributed by atoms with Crippen LogP contribution in [0.1, 0.15) is 25.0 Å². The van der Waals surface area contributed by atoms with Gasteiger partial charge in [-0.1, -0.05) is 18.0 Å². The molecule has 84 valence electrons. The fourth-order valence-electron chi connectivity index (χ4n) is 2.58. The van der Waals surface area contributed by atoms with Crippen molar-refractivity contribution in [2.45, 2.75) is 24.7 Å². The Morgan fingerprint density at radius 3 is 2.75 bits per heavy atom. The average molecular weight is 235 g/mol. The molecule has 0 bridgehead atoms. The molecule has 0 atom stereocenters. The van der Waals surface area contributed by atoms with Crippen LogP contribution in [0, 0.1) is 0 Å². The van der Waals surface area contributed by atoms with E-state index in [1.54, 1.807) is 0 Å². The van der Waals surface area contributed by atoms with Crippen molar-refractivity contribution in [2.75, 3.05) is 6.54 Å². The molecule has 3 N–H and O–H groups in total. The lowest BCUT2D eigenvalue weighted by Crippen LogP contribution is -2.41. The number of nitrogens with two attached hydrogens (primary N) is 1. The van der Waals surface area contributed by atoms with Gasteiger partial charge in [-0.05, 0) is 37.1 Å². The number of hydrogen-bond donors (Lipinski definition) is 2. The molecule has 3 rings (SSSR count). The van der Waals surface area contributed by atoms with E-state index < -0.39 is 0 Å². The maximum atomic E-state index is 5.99. The maximum absolute atomic E-state index is 5.99. The van der Waals surface area contributed by atoms with E-state index in [1.807, 2.05) is 18.2 Å². The minimum Gasteiger partial charge on any atom is -0.358 e.